The molecule has 0 aliphatic carbocycles. The molecule has 3 N–H and O–H groups in total. The van der Waals surface area contributed by atoms with Crippen molar-refractivity contribution in [3.05, 3.63) is 29.4 Å². The molecule has 1 heterocycles. The van der Waals surface area contributed by atoms with E-state index in [0.717, 1.165) is 0 Å². The fourth-order valence-corrected chi connectivity index (χ4v) is 1.82. The minimum atomic E-state index is -0.163. The molecule has 19 heavy (non-hydrogen) atoms. The van der Waals surface area contributed by atoms with E-state index in [1.165, 1.54) is 0 Å². The number of aromatic nitrogens is 2. The van der Waals surface area contributed by atoms with Crippen LogP contribution in [0.5, 0.6) is 0 Å². The second kappa shape index (κ2) is 5.95. The molecule has 2 rings (SSSR count). The van der Waals surface area contributed by atoms with E-state index in [2.05, 4.69) is 15.3 Å². The van der Waals surface area contributed by atoms with Crippen molar-refractivity contribution < 1.29 is 4.79 Å². The van der Waals surface area contributed by atoms with Gasteiger partial charge in [-0.3, -0.25) is 4.79 Å². The zero-order valence-corrected chi connectivity index (χ0v) is 11.3. The summed E-state index contributed by atoms with van der Waals surface area (Å²) in [4.78, 5) is 20.3. The van der Waals surface area contributed by atoms with Gasteiger partial charge in [-0.05, 0) is 24.6 Å². The maximum absolute atomic E-state index is 11.8. The summed E-state index contributed by atoms with van der Waals surface area (Å²) in [6, 6.07) is 7.34. The molecule has 0 saturated heterocycles. The molecule has 6 heteroatoms. The molecule has 0 saturated carbocycles. The average molecular weight is 279 g/mol. The van der Waals surface area contributed by atoms with Gasteiger partial charge in [-0.25, -0.2) is 9.97 Å². The highest BCUT2D eigenvalue weighted by Crippen LogP contribution is 2.21. The van der Waals surface area contributed by atoms with E-state index in [9.17, 15) is 4.79 Å². The number of benzene rings is 1. The summed E-state index contributed by atoms with van der Waals surface area (Å²) < 4.78 is 0. The van der Waals surface area contributed by atoms with Crippen LogP contribution in [0.25, 0.3) is 11.0 Å². The van der Waals surface area contributed by atoms with Crippen LogP contribution in [0.15, 0.2) is 24.3 Å². The summed E-state index contributed by atoms with van der Waals surface area (Å²) >= 11 is 6.00. The second-order valence-electron chi connectivity index (χ2n) is 4.44. The molecule has 0 aliphatic heterocycles. The molecule has 0 fully saturated rings. The molecule has 1 aromatic heterocycles. The van der Waals surface area contributed by atoms with Gasteiger partial charge in [-0.1, -0.05) is 30.7 Å². The molecule has 1 amide bonds. The maximum atomic E-state index is 11.8. The number of rotatable bonds is 4. The van der Waals surface area contributed by atoms with Crippen LogP contribution in [0.4, 0.5) is 5.82 Å². The Morgan fingerprint density at radius 2 is 2.00 bits per heavy atom. The molecule has 100 valence electrons. The molecule has 5 nitrogen and oxygen atoms in total. The molecule has 2 aromatic rings. The first-order valence-electron chi connectivity index (χ1n) is 6.02. The van der Waals surface area contributed by atoms with Gasteiger partial charge in [0.15, 0.2) is 11.0 Å². The van der Waals surface area contributed by atoms with Gasteiger partial charge in [0.2, 0.25) is 5.91 Å². The molecule has 1 aromatic carbocycles. The molecule has 0 aliphatic rings. The second-order valence-corrected chi connectivity index (χ2v) is 4.80. The number of nitrogens with zero attached hydrogens (tertiary/aromatic N) is 2. The number of nitrogens with two attached hydrogens (primary N) is 1. The van der Waals surface area contributed by atoms with E-state index in [0.29, 0.717) is 24.0 Å². The minimum Gasteiger partial charge on any atom is -0.330 e. The number of para-hydroxylation sites is 2. The lowest BCUT2D eigenvalue weighted by atomic mass is 10.1. The Bertz CT molecular complexity index is 602. The number of nitrogens with one attached hydrogen (secondary N) is 1. The minimum absolute atomic E-state index is 0.118. The summed E-state index contributed by atoms with van der Waals surface area (Å²) in [7, 11) is 0. The number of carbonyl (C=O) groups excluding carboxylic acids is 1. The summed E-state index contributed by atoms with van der Waals surface area (Å²) in [6.07, 6.45) is 0.335. The first-order chi connectivity index (χ1) is 9.10. The Morgan fingerprint density at radius 3 is 2.63 bits per heavy atom. The van der Waals surface area contributed by atoms with Gasteiger partial charge in [0.1, 0.15) is 0 Å². The molecule has 0 radical (unpaired) electrons. The van der Waals surface area contributed by atoms with Crippen molar-refractivity contribution in [2.75, 3.05) is 11.9 Å². The van der Waals surface area contributed by atoms with Crippen LogP contribution in [0.3, 0.4) is 0 Å². The number of carbonyl (C=O) groups is 1. The predicted octanol–water partition coefficient (Wildman–Crippen LogP) is 2.21. The number of amides is 1. The summed E-state index contributed by atoms with van der Waals surface area (Å²) in [5.41, 5.74) is 6.87. The largest absolute Gasteiger partial charge is 0.330 e. The van der Waals surface area contributed by atoms with E-state index in [4.69, 9.17) is 17.3 Å². The van der Waals surface area contributed by atoms with Crippen LogP contribution in [0.2, 0.25) is 5.15 Å². The van der Waals surface area contributed by atoms with E-state index in [1.54, 1.807) is 0 Å². The van der Waals surface area contributed by atoms with Crippen LogP contribution < -0.4 is 11.1 Å². The third-order valence-electron chi connectivity index (χ3n) is 2.72. The number of hydrogen-bond donors (Lipinski definition) is 2. The SMILES string of the molecule is CC(CN)CC(=O)Nc1nc2ccccc2nc1Cl. The average Bonchev–Trinajstić information content (AvgIpc) is 2.39. The van der Waals surface area contributed by atoms with Gasteiger partial charge < -0.3 is 11.1 Å². The highest BCUT2D eigenvalue weighted by molar-refractivity contribution is 6.32. The summed E-state index contributed by atoms with van der Waals surface area (Å²) in [5.74, 6) is 0.242. The number of hydrogen-bond acceptors (Lipinski definition) is 4. The van der Waals surface area contributed by atoms with Crippen LogP contribution in [0, 0.1) is 5.92 Å². The Kier molecular flexibility index (Phi) is 4.29. The fraction of sp³-hybridized carbons (Fsp3) is 0.308. The van der Waals surface area contributed by atoms with Crippen molar-refractivity contribution in [2.24, 2.45) is 11.7 Å². The van der Waals surface area contributed by atoms with Crippen molar-refractivity contribution in [1.82, 2.24) is 9.97 Å². The lowest BCUT2D eigenvalue weighted by Gasteiger charge is -2.10. The van der Waals surface area contributed by atoms with Crippen molar-refractivity contribution in [3.63, 3.8) is 0 Å². The maximum Gasteiger partial charge on any atom is 0.225 e. The number of fused-ring (bicyclic) bond motifs is 1. The number of anilines is 1. The lowest BCUT2D eigenvalue weighted by Crippen LogP contribution is -2.20. The molecule has 0 bridgehead atoms. The van der Waals surface area contributed by atoms with Crippen molar-refractivity contribution in [1.29, 1.82) is 0 Å². The van der Waals surface area contributed by atoms with Crippen LogP contribution >= 0.6 is 11.6 Å². The van der Waals surface area contributed by atoms with Crippen LogP contribution in [-0.4, -0.2) is 22.4 Å². The van der Waals surface area contributed by atoms with Gasteiger partial charge in [0, 0.05) is 6.42 Å². The normalized spacial score (nSPS) is 12.4. The molecule has 1 atom stereocenters. The van der Waals surface area contributed by atoms with Gasteiger partial charge in [0.25, 0.3) is 0 Å². The predicted molar refractivity (Wildman–Crippen MR) is 76.0 cm³/mol. The quantitative estimate of drug-likeness (QED) is 0.898. The first kappa shape index (κ1) is 13.7. The van der Waals surface area contributed by atoms with Crippen molar-refractivity contribution in [3.8, 4) is 0 Å². The Hall–Kier alpha value is -1.72. The van der Waals surface area contributed by atoms with Gasteiger partial charge in [-0.15, -0.1) is 0 Å². The lowest BCUT2D eigenvalue weighted by molar-refractivity contribution is -0.116. The Morgan fingerprint density at radius 1 is 1.37 bits per heavy atom. The highest BCUT2D eigenvalue weighted by Gasteiger charge is 2.12. The molecular formula is C13H15ClN4O. The third kappa shape index (κ3) is 3.39. The van der Waals surface area contributed by atoms with Crippen LogP contribution in [0.1, 0.15) is 13.3 Å². The van der Waals surface area contributed by atoms with E-state index in [1.807, 2.05) is 31.2 Å². The van der Waals surface area contributed by atoms with Gasteiger partial charge in [0.05, 0.1) is 11.0 Å². The van der Waals surface area contributed by atoms with Crippen molar-refractivity contribution >= 4 is 34.4 Å². The summed E-state index contributed by atoms with van der Waals surface area (Å²) in [5, 5.41) is 2.85. The summed E-state index contributed by atoms with van der Waals surface area (Å²) in [6.45, 7) is 2.37. The highest BCUT2D eigenvalue weighted by atomic mass is 35.5. The zero-order chi connectivity index (χ0) is 13.8. The topological polar surface area (TPSA) is 80.9 Å². The molecule has 1 unspecified atom stereocenters. The standard InChI is InChI=1S/C13H15ClN4O/c1-8(7-15)6-11(19)18-13-12(14)16-9-4-2-3-5-10(9)17-13/h2-5,8H,6-7,15H2,1H3,(H,17,18,19). The van der Waals surface area contributed by atoms with Crippen molar-refractivity contribution in [2.45, 2.75) is 13.3 Å². The Labute approximate surface area is 116 Å². The zero-order valence-electron chi connectivity index (χ0n) is 10.6. The van der Waals surface area contributed by atoms with E-state index < -0.39 is 0 Å². The van der Waals surface area contributed by atoms with Gasteiger partial charge in [-0.2, -0.15) is 0 Å². The Balaban J connectivity index is 2.20. The first-order valence-corrected chi connectivity index (χ1v) is 6.40. The van der Waals surface area contributed by atoms with E-state index in [-0.39, 0.29) is 22.8 Å². The third-order valence-corrected chi connectivity index (χ3v) is 2.99. The number of halogens is 1. The molecular weight excluding hydrogens is 264 g/mol. The monoisotopic (exact) mass is 278 g/mol. The van der Waals surface area contributed by atoms with Gasteiger partial charge >= 0.3 is 0 Å². The van der Waals surface area contributed by atoms with Crippen LogP contribution in [-0.2, 0) is 4.79 Å². The smallest absolute Gasteiger partial charge is 0.225 e. The molecule has 0 spiro atoms. The fourth-order valence-electron chi connectivity index (χ4n) is 1.64. The van der Waals surface area contributed by atoms with E-state index >= 15 is 0 Å².